The van der Waals surface area contributed by atoms with E-state index in [0.29, 0.717) is 12.0 Å². The SMILES string of the molecule is CC1(C(O)(C(N)=O)c2ccccc2)C=CC=CC1. The molecule has 2 rings (SSSR count). The van der Waals surface area contributed by atoms with Crippen LogP contribution in [0.25, 0.3) is 0 Å². The molecule has 1 aliphatic rings. The normalized spacial score (nSPS) is 25.7. The molecule has 0 spiro atoms. The summed E-state index contributed by atoms with van der Waals surface area (Å²) in [4.78, 5) is 11.8. The average molecular weight is 243 g/mol. The van der Waals surface area contributed by atoms with E-state index in [-0.39, 0.29) is 0 Å². The number of allylic oxidation sites excluding steroid dienone is 3. The van der Waals surface area contributed by atoms with Crippen LogP contribution in [0.3, 0.4) is 0 Å². The Balaban J connectivity index is 2.55. The second-order valence-corrected chi connectivity index (χ2v) is 4.85. The molecule has 0 fully saturated rings. The van der Waals surface area contributed by atoms with Crippen LogP contribution in [-0.2, 0) is 10.4 Å². The molecular formula is C15H17NO2. The lowest BCUT2D eigenvalue weighted by Gasteiger charge is -2.41. The van der Waals surface area contributed by atoms with Gasteiger partial charge < -0.3 is 10.8 Å². The quantitative estimate of drug-likeness (QED) is 0.851. The number of amides is 1. The highest BCUT2D eigenvalue weighted by molar-refractivity contribution is 5.86. The van der Waals surface area contributed by atoms with Gasteiger partial charge in [-0.05, 0) is 12.0 Å². The van der Waals surface area contributed by atoms with Gasteiger partial charge in [0.25, 0.3) is 5.91 Å². The van der Waals surface area contributed by atoms with E-state index in [1.54, 1.807) is 24.3 Å². The summed E-state index contributed by atoms with van der Waals surface area (Å²) in [5, 5.41) is 10.9. The molecule has 1 aromatic carbocycles. The van der Waals surface area contributed by atoms with Crippen molar-refractivity contribution in [3.8, 4) is 0 Å². The van der Waals surface area contributed by atoms with Gasteiger partial charge in [0.1, 0.15) is 0 Å². The van der Waals surface area contributed by atoms with E-state index in [4.69, 9.17) is 5.73 Å². The first-order chi connectivity index (χ1) is 8.51. The predicted octanol–water partition coefficient (Wildman–Crippen LogP) is 1.88. The standard InChI is InChI=1S/C15H17NO2/c1-14(10-6-3-7-11-14)15(18,13(16)17)12-8-4-2-5-9-12/h2-10,18H,11H2,1H3,(H2,16,17). The summed E-state index contributed by atoms with van der Waals surface area (Å²) < 4.78 is 0. The summed E-state index contributed by atoms with van der Waals surface area (Å²) in [6, 6.07) is 8.86. The molecule has 1 amide bonds. The lowest BCUT2D eigenvalue weighted by molar-refractivity contribution is -0.149. The van der Waals surface area contributed by atoms with Gasteiger partial charge in [-0.2, -0.15) is 0 Å². The smallest absolute Gasteiger partial charge is 0.254 e. The molecule has 1 aliphatic carbocycles. The minimum absolute atomic E-state index is 0.528. The van der Waals surface area contributed by atoms with Gasteiger partial charge in [0.05, 0.1) is 0 Å². The van der Waals surface area contributed by atoms with Crippen molar-refractivity contribution in [1.82, 2.24) is 0 Å². The number of nitrogens with two attached hydrogens (primary N) is 1. The third-order valence-corrected chi connectivity index (χ3v) is 3.63. The molecule has 3 N–H and O–H groups in total. The van der Waals surface area contributed by atoms with Gasteiger partial charge in [-0.25, -0.2) is 0 Å². The fourth-order valence-corrected chi connectivity index (χ4v) is 2.43. The van der Waals surface area contributed by atoms with E-state index in [9.17, 15) is 9.90 Å². The maximum atomic E-state index is 11.8. The summed E-state index contributed by atoms with van der Waals surface area (Å²) in [5.41, 5.74) is 3.57. The number of carbonyl (C=O) groups is 1. The van der Waals surface area contributed by atoms with Gasteiger partial charge in [-0.1, -0.05) is 61.6 Å². The average Bonchev–Trinajstić information content (AvgIpc) is 2.39. The largest absolute Gasteiger partial charge is 0.375 e. The van der Waals surface area contributed by atoms with Crippen molar-refractivity contribution in [3.05, 3.63) is 60.2 Å². The molecule has 0 aliphatic heterocycles. The van der Waals surface area contributed by atoms with Crippen LogP contribution in [0.5, 0.6) is 0 Å². The molecular weight excluding hydrogens is 226 g/mol. The molecule has 1 aromatic rings. The summed E-state index contributed by atoms with van der Waals surface area (Å²) >= 11 is 0. The topological polar surface area (TPSA) is 63.3 Å². The van der Waals surface area contributed by atoms with E-state index >= 15 is 0 Å². The zero-order chi connectivity index (χ0) is 13.2. The third kappa shape index (κ3) is 1.77. The number of primary amides is 1. The third-order valence-electron chi connectivity index (χ3n) is 3.63. The Morgan fingerprint density at radius 1 is 1.33 bits per heavy atom. The molecule has 0 saturated heterocycles. The highest BCUT2D eigenvalue weighted by atomic mass is 16.3. The number of hydrogen-bond donors (Lipinski definition) is 2. The monoisotopic (exact) mass is 243 g/mol. The first-order valence-electron chi connectivity index (χ1n) is 5.93. The Kier molecular flexibility index (Phi) is 3.09. The molecule has 0 heterocycles. The Hall–Kier alpha value is -1.87. The Labute approximate surface area is 107 Å². The summed E-state index contributed by atoms with van der Waals surface area (Å²) in [7, 11) is 0. The second kappa shape index (κ2) is 4.42. The molecule has 3 heteroatoms. The van der Waals surface area contributed by atoms with Crippen molar-refractivity contribution in [2.24, 2.45) is 11.1 Å². The number of hydrogen-bond acceptors (Lipinski definition) is 2. The predicted molar refractivity (Wildman–Crippen MR) is 70.5 cm³/mol. The Morgan fingerprint density at radius 2 is 2.00 bits per heavy atom. The maximum Gasteiger partial charge on any atom is 0.254 e. The van der Waals surface area contributed by atoms with Gasteiger partial charge in [-0.15, -0.1) is 0 Å². The Morgan fingerprint density at radius 3 is 2.50 bits per heavy atom. The first-order valence-corrected chi connectivity index (χ1v) is 5.93. The number of carbonyl (C=O) groups excluding carboxylic acids is 1. The van der Waals surface area contributed by atoms with Crippen LogP contribution < -0.4 is 5.73 Å². The zero-order valence-electron chi connectivity index (χ0n) is 10.3. The van der Waals surface area contributed by atoms with Crippen molar-refractivity contribution < 1.29 is 9.90 Å². The van der Waals surface area contributed by atoms with E-state index in [0.717, 1.165) is 0 Å². The minimum Gasteiger partial charge on any atom is -0.375 e. The summed E-state index contributed by atoms with van der Waals surface area (Å²) in [5.74, 6) is -0.726. The fourth-order valence-electron chi connectivity index (χ4n) is 2.43. The van der Waals surface area contributed by atoms with E-state index in [2.05, 4.69) is 0 Å². The highest BCUT2D eigenvalue weighted by Crippen LogP contribution is 2.45. The van der Waals surface area contributed by atoms with E-state index < -0.39 is 16.9 Å². The van der Waals surface area contributed by atoms with Crippen LogP contribution in [0.2, 0.25) is 0 Å². The number of rotatable bonds is 3. The van der Waals surface area contributed by atoms with Crippen molar-refractivity contribution in [2.45, 2.75) is 18.9 Å². The van der Waals surface area contributed by atoms with Gasteiger partial charge in [0.15, 0.2) is 5.60 Å². The first kappa shape index (κ1) is 12.6. The van der Waals surface area contributed by atoms with E-state index in [1.807, 2.05) is 37.3 Å². The molecule has 94 valence electrons. The molecule has 2 unspecified atom stereocenters. The van der Waals surface area contributed by atoms with Crippen LogP contribution in [0.1, 0.15) is 18.9 Å². The van der Waals surface area contributed by atoms with E-state index in [1.165, 1.54) is 0 Å². The molecule has 3 nitrogen and oxygen atoms in total. The minimum atomic E-state index is -1.70. The highest BCUT2D eigenvalue weighted by Gasteiger charge is 2.51. The summed E-state index contributed by atoms with van der Waals surface area (Å²) in [6.45, 7) is 1.84. The van der Waals surface area contributed by atoms with Crippen molar-refractivity contribution >= 4 is 5.91 Å². The van der Waals surface area contributed by atoms with Gasteiger partial charge >= 0.3 is 0 Å². The van der Waals surface area contributed by atoms with Crippen LogP contribution in [0.15, 0.2) is 54.6 Å². The molecule has 0 radical (unpaired) electrons. The number of benzene rings is 1. The van der Waals surface area contributed by atoms with Crippen LogP contribution in [0.4, 0.5) is 0 Å². The molecule has 2 atom stereocenters. The molecule has 0 bridgehead atoms. The zero-order valence-corrected chi connectivity index (χ0v) is 10.3. The van der Waals surface area contributed by atoms with Gasteiger partial charge in [-0.3, -0.25) is 4.79 Å². The number of aliphatic hydroxyl groups is 1. The Bertz CT molecular complexity index is 506. The maximum absolute atomic E-state index is 11.8. The van der Waals surface area contributed by atoms with Crippen LogP contribution in [-0.4, -0.2) is 11.0 Å². The lowest BCUT2D eigenvalue weighted by atomic mass is 9.66. The molecule has 18 heavy (non-hydrogen) atoms. The van der Waals surface area contributed by atoms with Crippen LogP contribution >= 0.6 is 0 Å². The van der Waals surface area contributed by atoms with Crippen molar-refractivity contribution in [1.29, 1.82) is 0 Å². The molecule has 0 aromatic heterocycles. The fraction of sp³-hybridized carbons (Fsp3) is 0.267. The summed E-state index contributed by atoms with van der Waals surface area (Å²) in [6.07, 6.45) is 8.06. The lowest BCUT2D eigenvalue weighted by Crippen LogP contribution is -2.52. The van der Waals surface area contributed by atoms with Gasteiger partial charge in [0.2, 0.25) is 0 Å². The van der Waals surface area contributed by atoms with Gasteiger partial charge in [0, 0.05) is 5.41 Å². The van der Waals surface area contributed by atoms with Crippen LogP contribution in [0, 0.1) is 5.41 Å². The van der Waals surface area contributed by atoms with Crippen molar-refractivity contribution in [2.75, 3.05) is 0 Å². The van der Waals surface area contributed by atoms with Crippen molar-refractivity contribution in [3.63, 3.8) is 0 Å². The molecule has 0 saturated carbocycles. The second-order valence-electron chi connectivity index (χ2n) is 4.85.